The second-order valence-corrected chi connectivity index (χ2v) is 13.0. The molecule has 4 aromatic rings. The Hall–Kier alpha value is -4.17. The molecule has 1 fully saturated rings. The molecule has 0 radical (unpaired) electrons. The second-order valence-electron chi connectivity index (χ2n) is 10.5. The molecule has 5 rings (SSSR count). The van der Waals surface area contributed by atoms with Crippen LogP contribution in [0.15, 0.2) is 78.0 Å². The highest BCUT2D eigenvalue weighted by molar-refractivity contribution is 9.12. The number of carbonyl (C=O) groups excluding carboxylic acids is 2. The van der Waals surface area contributed by atoms with Crippen molar-refractivity contribution < 1.29 is 27.5 Å². The Morgan fingerprint density at radius 2 is 1.82 bits per heavy atom. The first kappa shape index (κ1) is 32.2. The largest absolute Gasteiger partial charge is 0.573 e. The highest BCUT2D eigenvalue weighted by atomic mass is 79.9. The summed E-state index contributed by atoms with van der Waals surface area (Å²) in [5.41, 5.74) is 4.94. The molecule has 3 aromatic carbocycles. The fourth-order valence-corrected chi connectivity index (χ4v) is 6.13. The molecule has 9 nitrogen and oxygen atoms in total. The van der Waals surface area contributed by atoms with Gasteiger partial charge in [0.1, 0.15) is 16.2 Å². The lowest BCUT2D eigenvalue weighted by molar-refractivity contribution is -0.274. The van der Waals surface area contributed by atoms with Gasteiger partial charge in [-0.15, -0.1) is 18.3 Å². The first-order valence-electron chi connectivity index (χ1n) is 13.9. The molecule has 1 aliphatic heterocycles. The summed E-state index contributed by atoms with van der Waals surface area (Å²) in [7, 11) is 0. The maximum atomic E-state index is 13.0. The zero-order chi connectivity index (χ0) is 32.3. The number of aliphatic imine (C=N–C) groups is 1. The molecule has 1 N–H and O–H groups in total. The average Bonchev–Trinajstić information content (AvgIpc) is 3.57. The number of alkyl halides is 4. The van der Waals surface area contributed by atoms with Crippen LogP contribution in [0.1, 0.15) is 36.5 Å². The van der Waals surface area contributed by atoms with E-state index in [1.807, 2.05) is 49.4 Å². The fourth-order valence-electron chi connectivity index (χ4n) is 4.61. The predicted molar refractivity (Wildman–Crippen MR) is 171 cm³/mol. The van der Waals surface area contributed by atoms with Crippen molar-refractivity contribution in [1.29, 1.82) is 0 Å². The Morgan fingerprint density at radius 3 is 2.49 bits per heavy atom. The van der Waals surface area contributed by atoms with E-state index in [0.29, 0.717) is 29.6 Å². The van der Waals surface area contributed by atoms with E-state index in [9.17, 15) is 22.8 Å². The fraction of sp³-hybridized carbons (Fsp3) is 0.258. The van der Waals surface area contributed by atoms with Gasteiger partial charge in [-0.05, 0) is 66.3 Å². The van der Waals surface area contributed by atoms with E-state index >= 15 is 0 Å². The van der Waals surface area contributed by atoms with Crippen molar-refractivity contribution in [3.63, 3.8) is 0 Å². The van der Waals surface area contributed by atoms with Crippen LogP contribution in [-0.4, -0.2) is 48.9 Å². The number of urea groups is 1. The molecule has 1 unspecified atom stereocenters. The van der Waals surface area contributed by atoms with E-state index in [4.69, 9.17) is 0 Å². The van der Waals surface area contributed by atoms with Crippen molar-refractivity contribution in [2.45, 2.75) is 43.6 Å². The number of anilines is 1. The molecule has 3 amide bonds. The van der Waals surface area contributed by atoms with Crippen LogP contribution in [-0.2, 0) is 11.2 Å². The number of aromatic nitrogens is 3. The van der Waals surface area contributed by atoms with Gasteiger partial charge in [0.2, 0.25) is 0 Å². The van der Waals surface area contributed by atoms with Gasteiger partial charge in [-0.2, -0.15) is 4.99 Å². The molecule has 0 saturated carbocycles. The highest BCUT2D eigenvalue weighted by Crippen LogP contribution is 2.39. The van der Waals surface area contributed by atoms with E-state index < -0.39 is 16.6 Å². The number of ether oxygens (including phenoxy) is 1. The van der Waals surface area contributed by atoms with Crippen LogP contribution < -0.4 is 15.0 Å². The summed E-state index contributed by atoms with van der Waals surface area (Å²) in [5, 5.41) is 7.53. The lowest BCUT2D eigenvalue weighted by atomic mass is 9.99. The molecule has 0 spiro atoms. The van der Waals surface area contributed by atoms with Crippen LogP contribution in [0.2, 0.25) is 0 Å². The lowest BCUT2D eigenvalue weighted by Crippen LogP contribution is -2.33. The number of nitrogens with zero attached hydrogens (tertiary/aromatic N) is 5. The third-order valence-electron chi connectivity index (χ3n) is 6.79. The molecule has 234 valence electrons. The minimum Gasteiger partial charge on any atom is -0.406 e. The molecule has 1 saturated heterocycles. The van der Waals surface area contributed by atoms with Crippen molar-refractivity contribution in [1.82, 2.24) is 20.1 Å². The van der Waals surface area contributed by atoms with Gasteiger partial charge < -0.3 is 10.1 Å². The Labute approximate surface area is 270 Å². The van der Waals surface area contributed by atoms with Gasteiger partial charge in [0.25, 0.3) is 5.91 Å². The minimum atomic E-state index is -4.76. The first-order valence-corrected chi connectivity index (χ1v) is 15.7. The van der Waals surface area contributed by atoms with Gasteiger partial charge in [0.15, 0.2) is 11.0 Å². The van der Waals surface area contributed by atoms with Crippen LogP contribution in [0.4, 0.5) is 23.7 Å². The molecule has 1 aromatic heterocycles. The minimum absolute atomic E-state index is 0.170. The maximum Gasteiger partial charge on any atom is 0.573 e. The molecule has 1 atom stereocenters. The third kappa shape index (κ3) is 7.92. The zero-order valence-corrected chi connectivity index (χ0v) is 26.8. The normalized spacial score (nSPS) is 16.1. The number of carbonyl (C=O) groups is 2. The Kier molecular flexibility index (Phi) is 9.63. The van der Waals surface area contributed by atoms with Gasteiger partial charge in [0, 0.05) is 12.1 Å². The zero-order valence-electron chi connectivity index (χ0n) is 24.4. The summed E-state index contributed by atoms with van der Waals surface area (Å²) >= 11 is 4.58. The third-order valence-corrected chi connectivity index (χ3v) is 8.64. The van der Waals surface area contributed by atoms with Crippen molar-refractivity contribution in [3.05, 3.63) is 89.7 Å². The van der Waals surface area contributed by atoms with Gasteiger partial charge in [-0.3, -0.25) is 9.69 Å². The van der Waals surface area contributed by atoms with Crippen LogP contribution in [0.3, 0.4) is 0 Å². The molecular formula is C31H28BrF3N6O3S. The number of benzene rings is 3. The van der Waals surface area contributed by atoms with E-state index in [1.54, 1.807) is 0 Å². The summed E-state index contributed by atoms with van der Waals surface area (Å²) in [6, 6.07) is 18.2. The summed E-state index contributed by atoms with van der Waals surface area (Å²) in [6.45, 7) is 6.38. The lowest BCUT2D eigenvalue weighted by Gasteiger charge is -2.22. The number of halogens is 4. The molecule has 1 aliphatic rings. The summed E-state index contributed by atoms with van der Waals surface area (Å²) < 4.78 is 42.0. The number of nitrogens with one attached hydrogen (secondary N) is 1. The van der Waals surface area contributed by atoms with Gasteiger partial charge in [-0.1, -0.05) is 77.9 Å². The van der Waals surface area contributed by atoms with Crippen LogP contribution in [0, 0.1) is 6.92 Å². The second kappa shape index (κ2) is 13.4. The summed E-state index contributed by atoms with van der Waals surface area (Å²) in [5.74, 6) is 0.0966. The summed E-state index contributed by atoms with van der Waals surface area (Å²) in [4.78, 5) is 35.8. The molecule has 0 bridgehead atoms. The number of hydrogen-bond acceptors (Lipinski definition) is 6. The summed E-state index contributed by atoms with van der Waals surface area (Å²) in [6.07, 6.45) is -2.75. The van der Waals surface area contributed by atoms with Crippen LogP contribution in [0.25, 0.3) is 17.1 Å². The van der Waals surface area contributed by atoms with Crippen LogP contribution in [0.5, 0.6) is 5.75 Å². The molecule has 45 heavy (non-hydrogen) atoms. The standard InChI is InChI=1S/C31H28BrF3N6O3S/c1-18(2)24-13-4-19(3)16-25(24)41-28(42)26(32)45-30(41)38-29(43)36-15-14-20-5-7-21(8-6-20)27-37-17-40(39-27)22-9-11-23(12-10-22)44-31(33,34)35/h4-13,16-18,26H,14-15H2,1-3H3,(H,36,43). The number of aryl methyl sites for hydroxylation is 1. The maximum absolute atomic E-state index is 13.0. The number of thioether (sulfide) groups is 1. The van der Waals surface area contributed by atoms with Crippen molar-refractivity contribution >= 4 is 50.5 Å². The number of amidine groups is 1. The number of rotatable bonds is 8. The highest BCUT2D eigenvalue weighted by Gasteiger charge is 2.39. The predicted octanol–water partition coefficient (Wildman–Crippen LogP) is 7.37. The van der Waals surface area contributed by atoms with E-state index in [2.05, 4.69) is 54.9 Å². The number of amides is 3. The molecular weight excluding hydrogens is 673 g/mol. The smallest absolute Gasteiger partial charge is 0.406 e. The van der Waals surface area contributed by atoms with Crippen molar-refractivity contribution in [3.8, 4) is 22.8 Å². The molecule has 2 heterocycles. The number of hydrogen-bond donors (Lipinski definition) is 1. The van der Waals surface area contributed by atoms with E-state index in [1.165, 1.54) is 51.9 Å². The monoisotopic (exact) mass is 700 g/mol. The topological polar surface area (TPSA) is 102 Å². The Morgan fingerprint density at radius 1 is 1.11 bits per heavy atom. The van der Waals surface area contributed by atoms with Gasteiger partial charge in [-0.25, -0.2) is 14.5 Å². The average molecular weight is 702 g/mol. The van der Waals surface area contributed by atoms with E-state index in [-0.39, 0.29) is 17.6 Å². The van der Waals surface area contributed by atoms with Crippen LogP contribution >= 0.6 is 27.7 Å². The van der Waals surface area contributed by atoms with Gasteiger partial charge >= 0.3 is 12.4 Å². The van der Waals surface area contributed by atoms with Gasteiger partial charge in [0.05, 0.1) is 11.4 Å². The van der Waals surface area contributed by atoms with Crippen molar-refractivity contribution in [2.24, 2.45) is 4.99 Å². The Bertz CT molecular complexity index is 1730. The molecule has 14 heteroatoms. The quantitative estimate of drug-likeness (QED) is 0.193. The molecule has 0 aliphatic carbocycles. The Balaban J connectivity index is 1.19. The van der Waals surface area contributed by atoms with Crippen molar-refractivity contribution in [2.75, 3.05) is 11.4 Å². The first-order chi connectivity index (χ1) is 21.4. The van der Waals surface area contributed by atoms with E-state index in [0.717, 1.165) is 27.9 Å². The SMILES string of the molecule is Cc1ccc(C(C)C)c(N2C(=O)C(Br)SC2=NC(=O)NCCc2ccc(-c3ncn(-c4ccc(OC(F)(F)F)cc4)n3)cc2)c1.